The van der Waals surface area contributed by atoms with Crippen LogP contribution in [-0.2, 0) is 16.6 Å². The summed E-state index contributed by atoms with van der Waals surface area (Å²) in [5.74, 6) is 0.717. The Labute approximate surface area is 178 Å². The highest BCUT2D eigenvalue weighted by molar-refractivity contribution is 7.88. The van der Waals surface area contributed by atoms with Crippen molar-refractivity contribution >= 4 is 33.0 Å². The highest BCUT2D eigenvalue weighted by Crippen LogP contribution is 2.29. The molecule has 0 unspecified atom stereocenters. The van der Waals surface area contributed by atoms with E-state index in [1.54, 1.807) is 16.7 Å². The molecule has 0 spiro atoms. The topological polar surface area (TPSA) is 77.2 Å². The van der Waals surface area contributed by atoms with Gasteiger partial charge in [0.1, 0.15) is 10.8 Å². The number of hydrogen-bond donors (Lipinski definition) is 0. The van der Waals surface area contributed by atoms with Crippen molar-refractivity contribution in [3.05, 3.63) is 68.7 Å². The van der Waals surface area contributed by atoms with Crippen LogP contribution in [0.25, 0.3) is 5.00 Å². The van der Waals surface area contributed by atoms with Gasteiger partial charge in [-0.2, -0.15) is 5.10 Å². The van der Waals surface area contributed by atoms with Crippen molar-refractivity contribution in [1.29, 1.82) is 0 Å². The number of piperidine rings is 1. The average Bonchev–Trinajstić information content (AvgIpc) is 3.31. The molecule has 29 heavy (non-hydrogen) atoms. The van der Waals surface area contributed by atoms with Crippen molar-refractivity contribution in [3.8, 4) is 5.00 Å². The molecular formula is C19H21ClN4O3S2. The summed E-state index contributed by atoms with van der Waals surface area (Å²) >= 11 is 7.44. The van der Waals surface area contributed by atoms with Crippen LogP contribution in [0.5, 0.6) is 0 Å². The number of benzene rings is 1. The van der Waals surface area contributed by atoms with E-state index in [1.807, 2.05) is 29.6 Å². The highest BCUT2D eigenvalue weighted by atomic mass is 35.5. The minimum atomic E-state index is -3.20. The molecule has 1 aliphatic rings. The highest BCUT2D eigenvalue weighted by Gasteiger charge is 2.30. The molecule has 154 valence electrons. The van der Waals surface area contributed by atoms with Crippen LogP contribution in [0.15, 0.2) is 46.6 Å². The standard InChI is InChI=1S/C19H21ClN4O3S2/c1-29(26,27)22-10-8-15(9-11-22)18-21-23(13-14-4-6-16(20)7-5-14)19(25)24(18)17-3-2-12-28-17/h2-7,12,15H,8-11,13H2,1H3. The number of sulfonamides is 1. The predicted octanol–water partition coefficient (Wildman–Crippen LogP) is 2.94. The van der Waals surface area contributed by atoms with Gasteiger partial charge in [-0.15, -0.1) is 11.3 Å². The van der Waals surface area contributed by atoms with Gasteiger partial charge in [-0.05, 0) is 48.1 Å². The molecule has 0 aliphatic carbocycles. The summed E-state index contributed by atoms with van der Waals surface area (Å²) in [6.45, 7) is 1.22. The molecule has 3 aromatic rings. The van der Waals surface area contributed by atoms with Gasteiger partial charge in [0.15, 0.2) is 0 Å². The second-order valence-corrected chi connectivity index (χ2v) is 10.5. The van der Waals surface area contributed by atoms with E-state index in [-0.39, 0.29) is 11.6 Å². The molecule has 1 fully saturated rings. The van der Waals surface area contributed by atoms with E-state index in [2.05, 4.69) is 5.10 Å². The number of halogens is 1. The minimum Gasteiger partial charge on any atom is -0.246 e. The van der Waals surface area contributed by atoms with Crippen molar-refractivity contribution in [3.63, 3.8) is 0 Å². The van der Waals surface area contributed by atoms with Gasteiger partial charge in [-0.25, -0.2) is 26.8 Å². The van der Waals surface area contributed by atoms with Crippen LogP contribution < -0.4 is 5.69 Å². The lowest BCUT2D eigenvalue weighted by molar-refractivity contribution is 0.313. The fraction of sp³-hybridized carbons (Fsp3) is 0.368. The molecular weight excluding hydrogens is 432 g/mol. The van der Waals surface area contributed by atoms with Gasteiger partial charge in [0, 0.05) is 24.0 Å². The van der Waals surface area contributed by atoms with Crippen LogP contribution in [0, 0.1) is 0 Å². The van der Waals surface area contributed by atoms with Crippen molar-refractivity contribution in [1.82, 2.24) is 18.7 Å². The third-order valence-electron chi connectivity index (χ3n) is 5.12. The first kappa shape index (κ1) is 20.3. The molecule has 1 aromatic carbocycles. The molecule has 0 amide bonds. The molecule has 0 atom stereocenters. The molecule has 10 heteroatoms. The SMILES string of the molecule is CS(=O)(=O)N1CCC(c2nn(Cc3ccc(Cl)cc3)c(=O)n2-c2cccs2)CC1. The quantitative estimate of drug-likeness (QED) is 0.596. The van der Waals surface area contributed by atoms with Crippen LogP contribution in [0.2, 0.25) is 5.02 Å². The summed E-state index contributed by atoms with van der Waals surface area (Å²) in [5.41, 5.74) is 0.744. The first-order valence-electron chi connectivity index (χ1n) is 9.26. The van der Waals surface area contributed by atoms with Gasteiger partial charge in [-0.3, -0.25) is 0 Å². The number of thiophene rings is 1. The van der Waals surface area contributed by atoms with E-state index in [0.717, 1.165) is 10.6 Å². The van der Waals surface area contributed by atoms with Crippen LogP contribution >= 0.6 is 22.9 Å². The summed E-state index contributed by atoms with van der Waals surface area (Å²) in [5, 5.41) is 8.05. The second kappa shape index (κ2) is 8.06. The number of rotatable bonds is 5. The Kier molecular flexibility index (Phi) is 5.65. The lowest BCUT2D eigenvalue weighted by Crippen LogP contribution is -2.37. The van der Waals surface area contributed by atoms with Gasteiger partial charge in [0.25, 0.3) is 0 Å². The molecule has 0 radical (unpaired) electrons. The van der Waals surface area contributed by atoms with E-state index >= 15 is 0 Å². The Morgan fingerprint density at radius 2 is 1.86 bits per heavy atom. The lowest BCUT2D eigenvalue weighted by atomic mass is 9.97. The van der Waals surface area contributed by atoms with Gasteiger partial charge in [0.05, 0.1) is 12.8 Å². The lowest BCUT2D eigenvalue weighted by Gasteiger charge is -2.29. The maximum Gasteiger partial charge on any atom is 0.351 e. The zero-order chi connectivity index (χ0) is 20.6. The molecule has 3 heterocycles. The first-order valence-corrected chi connectivity index (χ1v) is 12.4. The van der Waals surface area contributed by atoms with E-state index in [4.69, 9.17) is 11.6 Å². The normalized spacial score (nSPS) is 16.3. The molecule has 1 saturated heterocycles. The maximum absolute atomic E-state index is 13.2. The molecule has 0 saturated carbocycles. The third kappa shape index (κ3) is 4.32. The summed E-state index contributed by atoms with van der Waals surface area (Å²) in [6, 6.07) is 11.1. The van der Waals surface area contributed by atoms with Gasteiger partial charge in [0.2, 0.25) is 10.0 Å². The Bertz CT molecular complexity index is 1140. The first-order chi connectivity index (χ1) is 13.8. The number of nitrogens with zero attached hydrogens (tertiary/aromatic N) is 4. The molecule has 2 aromatic heterocycles. The smallest absolute Gasteiger partial charge is 0.246 e. The van der Waals surface area contributed by atoms with Crippen molar-refractivity contribution in [2.45, 2.75) is 25.3 Å². The molecule has 0 bridgehead atoms. The summed E-state index contributed by atoms with van der Waals surface area (Å²) in [4.78, 5) is 13.2. The molecule has 7 nitrogen and oxygen atoms in total. The second-order valence-electron chi connectivity index (χ2n) is 7.15. The zero-order valence-electron chi connectivity index (χ0n) is 15.9. The molecule has 1 aliphatic heterocycles. The Balaban J connectivity index is 1.68. The Morgan fingerprint density at radius 3 is 2.45 bits per heavy atom. The fourth-order valence-corrected chi connectivity index (χ4v) is 5.34. The summed E-state index contributed by atoms with van der Waals surface area (Å²) in [6.07, 6.45) is 2.50. The maximum atomic E-state index is 13.2. The van der Waals surface area contributed by atoms with E-state index in [9.17, 15) is 13.2 Å². The molecule has 4 rings (SSSR count). The Hall–Kier alpha value is -1.94. The van der Waals surface area contributed by atoms with Crippen molar-refractivity contribution < 1.29 is 8.42 Å². The molecule has 0 N–H and O–H groups in total. The number of hydrogen-bond acceptors (Lipinski definition) is 5. The van der Waals surface area contributed by atoms with Crippen molar-refractivity contribution in [2.24, 2.45) is 0 Å². The summed E-state index contributed by atoms with van der Waals surface area (Å²) < 4.78 is 28.3. The monoisotopic (exact) mass is 452 g/mol. The fourth-order valence-electron chi connectivity index (χ4n) is 3.60. The zero-order valence-corrected chi connectivity index (χ0v) is 18.3. The summed E-state index contributed by atoms with van der Waals surface area (Å²) in [7, 11) is -3.20. The van der Waals surface area contributed by atoms with Crippen LogP contribution in [0.4, 0.5) is 0 Å². The van der Waals surface area contributed by atoms with Gasteiger partial charge >= 0.3 is 5.69 Å². The third-order valence-corrected chi connectivity index (χ3v) is 7.53. The Morgan fingerprint density at radius 1 is 1.17 bits per heavy atom. The van der Waals surface area contributed by atoms with Gasteiger partial charge in [-0.1, -0.05) is 23.7 Å². The van der Waals surface area contributed by atoms with E-state index in [0.29, 0.717) is 43.3 Å². The van der Waals surface area contributed by atoms with Crippen molar-refractivity contribution in [2.75, 3.05) is 19.3 Å². The van der Waals surface area contributed by atoms with E-state index in [1.165, 1.54) is 26.6 Å². The largest absolute Gasteiger partial charge is 0.351 e. The predicted molar refractivity (Wildman–Crippen MR) is 115 cm³/mol. The number of aromatic nitrogens is 3. The van der Waals surface area contributed by atoms with Crippen LogP contribution in [-0.4, -0.2) is 46.4 Å². The van der Waals surface area contributed by atoms with Crippen LogP contribution in [0.3, 0.4) is 0 Å². The minimum absolute atomic E-state index is 0.0225. The van der Waals surface area contributed by atoms with Crippen LogP contribution in [0.1, 0.15) is 30.1 Å². The van der Waals surface area contributed by atoms with E-state index < -0.39 is 10.0 Å². The average molecular weight is 453 g/mol. The van der Waals surface area contributed by atoms with Gasteiger partial charge < -0.3 is 0 Å².